The molecule has 2 aromatic carbocycles. The summed E-state index contributed by atoms with van der Waals surface area (Å²) < 4.78 is 13.4. The predicted molar refractivity (Wildman–Crippen MR) is 68.4 cm³/mol. The number of aliphatic hydroxyl groups excluding tert-OH is 2. The van der Waals surface area contributed by atoms with Crippen molar-refractivity contribution in [3.05, 3.63) is 58.9 Å². The van der Waals surface area contributed by atoms with Crippen LogP contribution in [0.15, 0.2) is 36.4 Å². The maximum absolute atomic E-state index is 13.4. The summed E-state index contributed by atoms with van der Waals surface area (Å²) in [7, 11) is 0. The summed E-state index contributed by atoms with van der Waals surface area (Å²) in [6.07, 6.45) is 0. The Morgan fingerprint density at radius 1 is 0.947 bits per heavy atom. The van der Waals surface area contributed by atoms with E-state index in [1.165, 1.54) is 18.2 Å². The van der Waals surface area contributed by atoms with E-state index in [1.807, 2.05) is 6.07 Å². The average molecular weight is 257 g/mol. The van der Waals surface area contributed by atoms with Crippen molar-refractivity contribution in [2.24, 2.45) is 0 Å². The molecule has 0 aliphatic rings. The van der Waals surface area contributed by atoms with Crippen LogP contribution >= 0.6 is 0 Å². The number of halogens is 1. The molecule has 2 rings (SSSR count). The second kappa shape index (κ2) is 5.61. The van der Waals surface area contributed by atoms with Gasteiger partial charge in [-0.2, -0.15) is 5.26 Å². The summed E-state index contributed by atoms with van der Waals surface area (Å²) in [5.41, 5.74) is 2.66. The Hall–Kier alpha value is -2.22. The van der Waals surface area contributed by atoms with Gasteiger partial charge in [0.1, 0.15) is 5.82 Å². The lowest BCUT2D eigenvalue weighted by atomic mass is 9.94. The quantitative estimate of drug-likeness (QED) is 0.887. The van der Waals surface area contributed by atoms with E-state index in [9.17, 15) is 14.6 Å². The van der Waals surface area contributed by atoms with Gasteiger partial charge >= 0.3 is 0 Å². The number of hydrogen-bond acceptors (Lipinski definition) is 3. The van der Waals surface area contributed by atoms with Crippen LogP contribution in [0.5, 0.6) is 0 Å². The first-order valence-electron chi connectivity index (χ1n) is 5.73. The Labute approximate surface area is 110 Å². The minimum absolute atomic E-state index is 0.222. The summed E-state index contributed by atoms with van der Waals surface area (Å²) in [5, 5.41) is 27.5. The van der Waals surface area contributed by atoms with Crippen molar-refractivity contribution in [2.75, 3.05) is 0 Å². The first-order valence-corrected chi connectivity index (χ1v) is 5.73. The fourth-order valence-corrected chi connectivity index (χ4v) is 1.99. The highest BCUT2D eigenvalue weighted by Gasteiger charge is 2.11. The van der Waals surface area contributed by atoms with Gasteiger partial charge in [0.25, 0.3) is 0 Å². The smallest absolute Gasteiger partial charge is 0.123 e. The third-order valence-corrected chi connectivity index (χ3v) is 2.94. The molecule has 0 spiro atoms. The Morgan fingerprint density at radius 3 is 2.32 bits per heavy atom. The predicted octanol–water partition coefficient (Wildman–Crippen LogP) is 2.35. The molecule has 96 valence electrons. The molecule has 0 saturated carbocycles. The Morgan fingerprint density at radius 2 is 1.68 bits per heavy atom. The number of benzene rings is 2. The van der Waals surface area contributed by atoms with Gasteiger partial charge in [0.15, 0.2) is 0 Å². The van der Waals surface area contributed by atoms with Crippen LogP contribution in [0.25, 0.3) is 11.1 Å². The van der Waals surface area contributed by atoms with E-state index in [2.05, 4.69) is 0 Å². The van der Waals surface area contributed by atoms with Crippen LogP contribution in [0.1, 0.15) is 16.7 Å². The van der Waals surface area contributed by atoms with Crippen molar-refractivity contribution in [3.63, 3.8) is 0 Å². The SMILES string of the molecule is N#Cc1ccc(-c2cc(F)ccc2CO)c(CO)c1. The van der Waals surface area contributed by atoms with Gasteiger partial charge in [0, 0.05) is 0 Å². The van der Waals surface area contributed by atoms with Crippen molar-refractivity contribution in [3.8, 4) is 17.2 Å². The molecule has 0 aliphatic heterocycles. The van der Waals surface area contributed by atoms with E-state index < -0.39 is 5.82 Å². The second-order valence-electron chi connectivity index (χ2n) is 4.10. The first kappa shape index (κ1) is 13.2. The minimum atomic E-state index is -0.416. The van der Waals surface area contributed by atoms with Crippen LogP contribution in [0, 0.1) is 17.1 Å². The monoisotopic (exact) mass is 257 g/mol. The summed E-state index contributed by atoms with van der Waals surface area (Å²) in [5.74, 6) is -0.416. The van der Waals surface area contributed by atoms with Gasteiger partial charge in [-0.25, -0.2) is 4.39 Å². The maximum Gasteiger partial charge on any atom is 0.123 e. The zero-order valence-corrected chi connectivity index (χ0v) is 10.1. The van der Waals surface area contributed by atoms with E-state index in [0.717, 1.165) is 0 Å². The van der Waals surface area contributed by atoms with Crippen molar-refractivity contribution in [1.29, 1.82) is 5.26 Å². The third kappa shape index (κ3) is 2.63. The van der Waals surface area contributed by atoms with E-state index >= 15 is 0 Å². The molecule has 0 radical (unpaired) electrons. The lowest BCUT2D eigenvalue weighted by Crippen LogP contribution is -1.96. The average Bonchev–Trinajstić information content (AvgIpc) is 2.46. The third-order valence-electron chi connectivity index (χ3n) is 2.94. The molecule has 0 amide bonds. The van der Waals surface area contributed by atoms with Gasteiger partial charge in [-0.1, -0.05) is 12.1 Å². The lowest BCUT2D eigenvalue weighted by Gasteiger charge is -2.12. The normalized spacial score (nSPS) is 10.2. The largest absolute Gasteiger partial charge is 0.392 e. The molecule has 0 unspecified atom stereocenters. The zero-order chi connectivity index (χ0) is 13.8. The molecule has 4 heteroatoms. The first-order chi connectivity index (χ1) is 9.19. The minimum Gasteiger partial charge on any atom is -0.392 e. The van der Waals surface area contributed by atoms with Gasteiger partial charge in [0.2, 0.25) is 0 Å². The van der Waals surface area contributed by atoms with Crippen LogP contribution in [-0.2, 0) is 13.2 Å². The summed E-state index contributed by atoms with van der Waals surface area (Å²) in [4.78, 5) is 0. The van der Waals surface area contributed by atoms with E-state index in [4.69, 9.17) is 5.26 Å². The molecule has 0 saturated heterocycles. The Kier molecular flexibility index (Phi) is 3.91. The highest BCUT2D eigenvalue weighted by atomic mass is 19.1. The van der Waals surface area contributed by atoms with Crippen molar-refractivity contribution < 1.29 is 14.6 Å². The van der Waals surface area contributed by atoms with E-state index in [-0.39, 0.29) is 13.2 Å². The molecule has 3 nitrogen and oxygen atoms in total. The van der Waals surface area contributed by atoms with Gasteiger partial charge < -0.3 is 10.2 Å². The second-order valence-corrected chi connectivity index (χ2v) is 4.10. The molecular formula is C15H12FNO2. The number of nitriles is 1. The van der Waals surface area contributed by atoms with Crippen LogP contribution in [0.4, 0.5) is 4.39 Å². The van der Waals surface area contributed by atoms with Crippen LogP contribution in [-0.4, -0.2) is 10.2 Å². The van der Waals surface area contributed by atoms with Gasteiger partial charge in [-0.05, 0) is 46.5 Å². The zero-order valence-electron chi connectivity index (χ0n) is 10.1. The number of hydrogen-bond donors (Lipinski definition) is 2. The highest BCUT2D eigenvalue weighted by molar-refractivity contribution is 5.71. The number of aliphatic hydroxyl groups is 2. The topological polar surface area (TPSA) is 64.2 Å². The Balaban J connectivity index is 2.65. The van der Waals surface area contributed by atoms with Crippen molar-refractivity contribution in [1.82, 2.24) is 0 Å². The van der Waals surface area contributed by atoms with E-state index in [1.54, 1.807) is 18.2 Å². The summed E-state index contributed by atoms with van der Waals surface area (Å²) in [6.45, 7) is -0.479. The summed E-state index contributed by atoms with van der Waals surface area (Å²) >= 11 is 0. The molecule has 0 aromatic heterocycles. The molecule has 19 heavy (non-hydrogen) atoms. The van der Waals surface area contributed by atoms with Gasteiger partial charge in [-0.15, -0.1) is 0 Å². The van der Waals surface area contributed by atoms with Gasteiger partial charge in [0.05, 0.1) is 24.8 Å². The standard InChI is InChI=1S/C15H12FNO2/c16-13-3-2-11(8-18)15(6-13)14-4-1-10(7-17)5-12(14)9-19/h1-6,18-19H,8-9H2. The Bertz CT molecular complexity index is 647. The van der Waals surface area contributed by atoms with Crippen molar-refractivity contribution in [2.45, 2.75) is 13.2 Å². The molecule has 0 aliphatic carbocycles. The van der Waals surface area contributed by atoms with Gasteiger partial charge in [-0.3, -0.25) is 0 Å². The maximum atomic E-state index is 13.4. The number of rotatable bonds is 3. The lowest BCUT2D eigenvalue weighted by molar-refractivity contribution is 0.280. The van der Waals surface area contributed by atoms with Crippen LogP contribution < -0.4 is 0 Å². The highest BCUT2D eigenvalue weighted by Crippen LogP contribution is 2.29. The van der Waals surface area contributed by atoms with E-state index in [0.29, 0.717) is 27.8 Å². The summed E-state index contributed by atoms with van der Waals surface area (Å²) in [6, 6.07) is 10.9. The number of nitrogens with zero attached hydrogens (tertiary/aromatic N) is 1. The molecule has 2 N–H and O–H groups in total. The molecular weight excluding hydrogens is 245 g/mol. The fourth-order valence-electron chi connectivity index (χ4n) is 1.99. The van der Waals surface area contributed by atoms with Crippen molar-refractivity contribution >= 4 is 0 Å². The molecule has 0 fully saturated rings. The molecule has 0 bridgehead atoms. The fraction of sp³-hybridized carbons (Fsp3) is 0.133. The van der Waals surface area contributed by atoms with Crippen LogP contribution in [0.2, 0.25) is 0 Å². The molecule has 0 heterocycles. The molecule has 0 atom stereocenters. The molecule has 2 aromatic rings. The van der Waals surface area contributed by atoms with Crippen LogP contribution in [0.3, 0.4) is 0 Å².